The van der Waals surface area contributed by atoms with Gasteiger partial charge in [-0.05, 0) is 30.7 Å². The third-order valence-corrected chi connectivity index (χ3v) is 4.53. The van der Waals surface area contributed by atoms with E-state index in [0.29, 0.717) is 0 Å². The van der Waals surface area contributed by atoms with Gasteiger partial charge in [-0.25, -0.2) is 0 Å². The maximum Gasteiger partial charge on any atom is 0.0420 e. The van der Waals surface area contributed by atoms with Crippen LogP contribution in [-0.4, -0.2) is 18.8 Å². The third kappa shape index (κ3) is 2.71. The van der Waals surface area contributed by atoms with Crippen molar-refractivity contribution < 1.29 is 0 Å². The molecule has 1 heterocycles. The van der Waals surface area contributed by atoms with Crippen LogP contribution in [0.1, 0.15) is 5.56 Å². The number of nitrogens with two attached hydrogens (primary N) is 1. The van der Waals surface area contributed by atoms with Crippen LogP contribution in [0.15, 0.2) is 53.4 Å². The first-order valence-electron chi connectivity index (χ1n) is 6.65. The highest BCUT2D eigenvalue weighted by Crippen LogP contribution is 2.32. The van der Waals surface area contributed by atoms with Crippen molar-refractivity contribution in [2.24, 2.45) is 0 Å². The van der Waals surface area contributed by atoms with Gasteiger partial charge in [0.15, 0.2) is 0 Å². The van der Waals surface area contributed by atoms with Crippen LogP contribution in [0, 0.1) is 0 Å². The molecule has 0 saturated heterocycles. The van der Waals surface area contributed by atoms with Crippen molar-refractivity contribution in [1.82, 2.24) is 0 Å². The number of benzene rings is 2. The molecule has 98 valence electrons. The molecule has 3 heteroatoms. The maximum absolute atomic E-state index is 6.02. The number of hydrogen-bond acceptors (Lipinski definition) is 3. The third-order valence-electron chi connectivity index (χ3n) is 3.53. The second-order valence-corrected chi connectivity index (χ2v) is 5.91. The fraction of sp³-hybridized carbons (Fsp3) is 0.250. The lowest BCUT2D eigenvalue weighted by atomic mass is 10.1. The second kappa shape index (κ2) is 5.57. The molecule has 0 fully saturated rings. The minimum absolute atomic E-state index is 0.940. The molecule has 19 heavy (non-hydrogen) atoms. The monoisotopic (exact) mass is 270 g/mol. The van der Waals surface area contributed by atoms with Crippen molar-refractivity contribution in [3.8, 4) is 0 Å². The molecule has 2 N–H and O–H groups in total. The van der Waals surface area contributed by atoms with Crippen LogP contribution in [0.3, 0.4) is 0 Å². The highest BCUT2D eigenvalue weighted by Gasteiger charge is 2.19. The van der Waals surface area contributed by atoms with E-state index in [9.17, 15) is 0 Å². The fourth-order valence-electron chi connectivity index (χ4n) is 2.55. The molecule has 2 aromatic carbocycles. The predicted molar refractivity (Wildman–Crippen MR) is 83.9 cm³/mol. The van der Waals surface area contributed by atoms with Gasteiger partial charge in [0, 0.05) is 40.7 Å². The molecule has 1 aliphatic heterocycles. The van der Waals surface area contributed by atoms with E-state index in [2.05, 4.69) is 47.4 Å². The molecule has 0 unspecified atom stereocenters. The Morgan fingerprint density at radius 3 is 2.74 bits per heavy atom. The molecule has 0 saturated carbocycles. The average molecular weight is 270 g/mol. The Hall–Kier alpha value is -1.61. The summed E-state index contributed by atoms with van der Waals surface area (Å²) in [6, 6.07) is 16.8. The van der Waals surface area contributed by atoms with Crippen molar-refractivity contribution in [2.45, 2.75) is 11.3 Å². The summed E-state index contributed by atoms with van der Waals surface area (Å²) in [6.07, 6.45) is 1.08. The fourth-order valence-corrected chi connectivity index (χ4v) is 3.45. The van der Waals surface area contributed by atoms with Gasteiger partial charge in [-0.3, -0.25) is 0 Å². The summed E-state index contributed by atoms with van der Waals surface area (Å²) >= 11 is 1.91. The minimum Gasteiger partial charge on any atom is -0.398 e. The van der Waals surface area contributed by atoms with E-state index in [4.69, 9.17) is 5.73 Å². The van der Waals surface area contributed by atoms with Crippen molar-refractivity contribution in [1.29, 1.82) is 0 Å². The predicted octanol–water partition coefficient (Wildman–Crippen LogP) is 3.42. The molecule has 0 aromatic heterocycles. The highest BCUT2D eigenvalue weighted by atomic mass is 32.2. The zero-order valence-corrected chi connectivity index (χ0v) is 11.7. The first-order valence-corrected chi connectivity index (χ1v) is 7.63. The number of fused-ring (bicyclic) bond motifs is 1. The van der Waals surface area contributed by atoms with Gasteiger partial charge in [-0.1, -0.05) is 24.3 Å². The lowest BCUT2D eigenvalue weighted by Crippen LogP contribution is -2.23. The molecule has 0 spiro atoms. The molecule has 2 aromatic rings. The van der Waals surface area contributed by atoms with E-state index in [1.165, 1.54) is 16.1 Å². The molecular formula is C16H18N2S. The van der Waals surface area contributed by atoms with Crippen molar-refractivity contribution in [2.75, 3.05) is 29.5 Å². The first-order chi connectivity index (χ1) is 9.34. The summed E-state index contributed by atoms with van der Waals surface area (Å²) in [5, 5.41) is 0. The molecule has 0 bridgehead atoms. The Bertz CT molecular complexity index is 554. The Labute approximate surface area is 118 Å². The van der Waals surface area contributed by atoms with Gasteiger partial charge in [-0.15, -0.1) is 11.8 Å². The molecule has 0 radical (unpaired) electrons. The molecule has 3 rings (SSSR count). The summed E-state index contributed by atoms with van der Waals surface area (Å²) in [6.45, 7) is 2.18. The number of thioether (sulfide) groups is 1. The zero-order chi connectivity index (χ0) is 13.1. The quantitative estimate of drug-likeness (QED) is 0.682. The largest absolute Gasteiger partial charge is 0.398 e. The Morgan fingerprint density at radius 2 is 1.89 bits per heavy atom. The van der Waals surface area contributed by atoms with E-state index in [1.54, 1.807) is 0 Å². The molecule has 1 aliphatic rings. The zero-order valence-electron chi connectivity index (χ0n) is 10.9. The Morgan fingerprint density at radius 1 is 1.05 bits per heavy atom. The highest BCUT2D eigenvalue weighted by molar-refractivity contribution is 7.99. The summed E-state index contributed by atoms with van der Waals surface area (Å²) in [4.78, 5) is 3.79. The SMILES string of the molecule is Nc1cccc2c1CCN2CCSc1ccccc1. The Kier molecular flexibility index (Phi) is 3.65. The summed E-state index contributed by atoms with van der Waals surface area (Å²) in [5.74, 6) is 1.11. The lowest BCUT2D eigenvalue weighted by molar-refractivity contribution is 0.874. The lowest BCUT2D eigenvalue weighted by Gasteiger charge is -2.19. The normalized spacial score (nSPS) is 13.6. The van der Waals surface area contributed by atoms with Crippen LogP contribution in [0.25, 0.3) is 0 Å². The minimum atomic E-state index is 0.940. The number of rotatable bonds is 4. The van der Waals surface area contributed by atoms with Crippen molar-refractivity contribution in [3.63, 3.8) is 0 Å². The van der Waals surface area contributed by atoms with Gasteiger partial charge in [0.1, 0.15) is 0 Å². The second-order valence-electron chi connectivity index (χ2n) is 4.74. The van der Waals surface area contributed by atoms with Crippen LogP contribution < -0.4 is 10.6 Å². The molecule has 0 atom stereocenters. The van der Waals surface area contributed by atoms with Crippen LogP contribution in [0.4, 0.5) is 11.4 Å². The van der Waals surface area contributed by atoms with Crippen molar-refractivity contribution in [3.05, 3.63) is 54.1 Å². The standard InChI is InChI=1S/C16H18N2S/c17-15-7-4-8-16-14(15)9-10-18(16)11-12-19-13-5-2-1-3-6-13/h1-8H,9-12,17H2. The number of nitrogen functional groups attached to an aromatic ring is 1. The topological polar surface area (TPSA) is 29.3 Å². The number of anilines is 2. The van der Waals surface area contributed by atoms with Gasteiger partial charge in [0.2, 0.25) is 0 Å². The molecule has 0 aliphatic carbocycles. The number of hydrogen-bond donors (Lipinski definition) is 1. The first kappa shape index (κ1) is 12.4. The van der Waals surface area contributed by atoms with Crippen LogP contribution in [0.2, 0.25) is 0 Å². The molecular weight excluding hydrogens is 252 g/mol. The van der Waals surface area contributed by atoms with E-state index in [-0.39, 0.29) is 0 Å². The molecule has 0 amide bonds. The van der Waals surface area contributed by atoms with Crippen LogP contribution in [0.5, 0.6) is 0 Å². The smallest absolute Gasteiger partial charge is 0.0420 e. The van der Waals surface area contributed by atoms with Gasteiger partial charge >= 0.3 is 0 Å². The number of nitrogens with zero attached hydrogens (tertiary/aromatic N) is 1. The van der Waals surface area contributed by atoms with Gasteiger partial charge < -0.3 is 10.6 Å². The van der Waals surface area contributed by atoms with Gasteiger partial charge in [-0.2, -0.15) is 0 Å². The summed E-state index contributed by atoms with van der Waals surface area (Å²) in [5.41, 5.74) is 9.62. The Balaban J connectivity index is 1.60. The maximum atomic E-state index is 6.02. The molecule has 2 nitrogen and oxygen atoms in total. The van der Waals surface area contributed by atoms with E-state index in [1.807, 2.05) is 17.8 Å². The average Bonchev–Trinajstić information content (AvgIpc) is 2.85. The van der Waals surface area contributed by atoms with Crippen LogP contribution >= 0.6 is 11.8 Å². The summed E-state index contributed by atoms with van der Waals surface area (Å²) < 4.78 is 0. The summed E-state index contributed by atoms with van der Waals surface area (Å²) in [7, 11) is 0. The van der Waals surface area contributed by atoms with Crippen LogP contribution in [-0.2, 0) is 6.42 Å². The van der Waals surface area contributed by atoms with Gasteiger partial charge in [0.05, 0.1) is 0 Å². The van der Waals surface area contributed by atoms with Gasteiger partial charge in [0.25, 0.3) is 0 Å². The van der Waals surface area contributed by atoms with Crippen molar-refractivity contribution >= 4 is 23.1 Å². The van der Waals surface area contributed by atoms with E-state index in [0.717, 1.165) is 31.0 Å². The van der Waals surface area contributed by atoms with E-state index >= 15 is 0 Å². The van der Waals surface area contributed by atoms with E-state index < -0.39 is 0 Å².